The fraction of sp³-hybridized carbons (Fsp3) is 0. The Balaban J connectivity index is 0.000000136. The van der Waals surface area contributed by atoms with Gasteiger partial charge in [-0.05, 0) is 125 Å². The van der Waals surface area contributed by atoms with Crippen molar-refractivity contribution in [3.8, 4) is 22.3 Å². The van der Waals surface area contributed by atoms with E-state index in [-0.39, 0.29) is 0 Å². The Hall–Kier alpha value is -4.76. The second kappa shape index (κ2) is 12.2. The largest absolute Gasteiger partial charge is 0.0622 e. The monoisotopic (exact) mass is 714 g/mol. The molecule has 0 atom stereocenters. The Morgan fingerprint density at radius 1 is 0.261 bits per heavy atom. The summed E-state index contributed by atoms with van der Waals surface area (Å²) in [5, 5.41) is 13.0. The van der Waals surface area contributed by atoms with Crippen LogP contribution in [-0.4, -0.2) is 0 Å². The highest BCUT2D eigenvalue weighted by Gasteiger charge is 2.11. The van der Waals surface area contributed by atoms with Crippen molar-refractivity contribution in [1.29, 1.82) is 0 Å². The fourth-order valence-corrected chi connectivity index (χ4v) is 7.20. The van der Waals surface area contributed by atoms with Crippen LogP contribution in [0.25, 0.3) is 76.1 Å². The maximum Gasteiger partial charge on any atom is 0.0181 e. The van der Waals surface area contributed by atoms with E-state index in [0.717, 1.165) is 8.95 Å². The third-order valence-corrected chi connectivity index (χ3v) is 9.81. The van der Waals surface area contributed by atoms with Gasteiger partial charge in [0.2, 0.25) is 0 Å². The molecule has 0 saturated heterocycles. The summed E-state index contributed by atoms with van der Waals surface area (Å²) in [5.74, 6) is 0. The molecule has 0 spiro atoms. The van der Waals surface area contributed by atoms with E-state index in [1.54, 1.807) is 0 Å². The zero-order valence-corrected chi connectivity index (χ0v) is 28.1. The number of halogens is 2. The van der Waals surface area contributed by atoms with E-state index < -0.39 is 0 Å². The zero-order valence-electron chi connectivity index (χ0n) is 24.9. The van der Waals surface area contributed by atoms with Crippen molar-refractivity contribution < 1.29 is 0 Å². The highest BCUT2D eigenvalue weighted by atomic mass is 79.9. The summed E-state index contributed by atoms with van der Waals surface area (Å²) >= 11 is 7.14. The zero-order chi connectivity index (χ0) is 31.0. The Bertz CT molecular complexity index is 2530. The molecule has 0 fully saturated rings. The van der Waals surface area contributed by atoms with Gasteiger partial charge in [-0.2, -0.15) is 0 Å². The standard InChI is InChI=1S/C22H13Br.C22H15Br/c23-16-9-10-19-21-12-15-6-2-1-5-14(15)11-20(21)17-7-3-4-8-18(17)22(19)13-16;23-20-12-10-17(11-13-20)22-15-19-9-5-4-8-18(19)14-21(22)16-6-2-1-3-7-16/h1-13H;1-15H. The molecule has 9 aromatic rings. The van der Waals surface area contributed by atoms with Gasteiger partial charge in [-0.15, -0.1) is 0 Å². The van der Waals surface area contributed by atoms with Crippen LogP contribution in [0.2, 0.25) is 0 Å². The van der Waals surface area contributed by atoms with Gasteiger partial charge >= 0.3 is 0 Å². The summed E-state index contributed by atoms with van der Waals surface area (Å²) in [5.41, 5.74) is 5.02. The second-order valence-corrected chi connectivity index (χ2v) is 13.4. The molecule has 9 rings (SSSR count). The van der Waals surface area contributed by atoms with Crippen LogP contribution < -0.4 is 0 Å². The molecule has 2 heteroatoms. The van der Waals surface area contributed by atoms with E-state index in [9.17, 15) is 0 Å². The summed E-state index contributed by atoms with van der Waals surface area (Å²) in [6.45, 7) is 0. The van der Waals surface area contributed by atoms with Gasteiger partial charge in [0.15, 0.2) is 0 Å². The first-order valence-corrected chi connectivity index (χ1v) is 17.0. The molecule has 0 saturated carbocycles. The number of hydrogen-bond donors (Lipinski definition) is 0. The molecule has 0 amide bonds. The molecule has 0 aliphatic rings. The van der Waals surface area contributed by atoms with E-state index in [4.69, 9.17) is 0 Å². The first-order chi connectivity index (χ1) is 22.6. The van der Waals surface area contributed by atoms with Crippen LogP contribution in [0.4, 0.5) is 0 Å². The predicted molar refractivity (Wildman–Crippen MR) is 207 cm³/mol. The van der Waals surface area contributed by atoms with E-state index in [1.165, 1.54) is 76.1 Å². The molecule has 46 heavy (non-hydrogen) atoms. The Labute approximate surface area is 285 Å². The van der Waals surface area contributed by atoms with E-state index >= 15 is 0 Å². The molecule has 0 aromatic heterocycles. The number of fused-ring (bicyclic) bond motifs is 8. The first kappa shape index (κ1) is 28.7. The number of benzene rings is 9. The molecule has 0 unspecified atom stereocenters. The van der Waals surface area contributed by atoms with Crippen LogP contribution in [0.5, 0.6) is 0 Å². The van der Waals surface area contributed by atoms with Gasteiger partial charge in [-0.1, -0.05) is 153 Å². The molecule has 9 aromatic carbocycles. The van der Waals surface area contributed by atoms with Crippen molar-refractivity contribution in [2.24, 2.45) is 0 Å². The van der Waals surface area contributed by atoms with Crippen LogP contribution in [0, 0.1) is 0 Å². The SMILES string of the molecule is Brc1ccc(-c2cc3ccccc3cc2-c2ccccc2)cc1.Brc1ccc2c(c1)c1ccccc1c1cc3ccccc3cc21. The van der Waals surface area contributed by atoms with Crippen LogP contribution in [0.1, 0.15) is 0 Å². The lowest BCUT2D eigenvalue weighted by molar-refractivity contribution is 1.59. The van der Waals surface area contributed by atoms with Gasteiger partial charge in [0.25, 0.3) is 0 Å². The van der Waals surface area contributed by atoms with Gasteiger partial charge < -0.3 is 0 Å². The summed E-state index contributed by atoms with van der Waals surface area (Å²) in [7, 11) is 0. The molecule has 0 radical (unpaired) electrons. The Kier molecular flexibility index (Phi) is 7.62. The summed E-state index contributed by atoms with van der Waals surface area (Å²) in [6.07, 6.45) is 0. The van der Waals surface area contributed by atoms with Crippen molar-refractivity contribution in [3.63, 3.8) is 0 Å². The highest BCUT2D eigenvalue weighted by Crippen LogP contribution is 2.39. The van der Waals surface area contributed by atoms with Crippen LogP contribution >= 0.6 is 31.9 Å². The quantitative estimate of drug-likeness (QED) is 0.123. The summed E-state index contributed by atoms with van der Waals surface area (Å²) in [6, 6.07) is 60.8. The Morgan fingerprint density at radius 2 is 0.652 bits per heavy atom. The first-order valence-electron chi connectivity index (χ1n) is 15.4. The van der Waals surface area contributed by atoms with Gasteiger partial charge in [-0.25, -0.2) is 0 Å². The third-order valence-electron chi connectivity index (χ3n) is 8.79. The van der Waals surface area contributed by atoms with Crippen molar-refractivity contribution >= 4 is 85.7 Å². The van der Waals surface area contributed by atoms with Gasteiger partial charge in [0, 0.05) is 8.95 Å². The van der Waals surface area contributed by atoms with Crippen molar-refractivity contribution in [3.05, 3.63) is 179 Å². The Morgan fingerprint density at radius 3 is 1.20 bits per heavy atom. The third kappa shape index (κ3) is 5.38. The van der Waals surface area contributed by atoms with Crippen LogP contribution in [0.3, 0.4) is 0 Å². The molecule has 0 nitrogen and oxygen atoms in total. The maximum absolute atomic E-state index is 3.62. The normalized spacial score (nSPS) is 11.3. The molecular formula is C44H28Br2. The number of hydrogen-bond acceptors (Lipinski definition) is 0. The van der Waals surface area contributed by atoms with Gasteiger partial charge in [0.1, 0.15) is 0 Å². The average molecular weight is 717 g/mol. The molecule has 0 aliphatic heterocycles. The summed E-state index contributed by atoms with van der Waals surface area (Å²) in [4.78, 5) is 0. The fourth-order valence-electron chi connectivity index (χ4n) is 6.58. The smallest absolute Gasteiger partial charge is 0.0181 e. The molecule has 0 bridgehead atoms. The lowest BCUT2D eigenvalue weighted by atomic mass is 9.91. The molecule has 218 valence electrons. The minimum atomic E-state index is 1.10. The van der Waals surface area contributed by atoms with Crippen molar-refractivity contribution in [2.75, 3.05) is 0 Å². The maximum atomic E-state index is 3.62. The van der Waals surface area contributed by atoms with E-state index in [1.807, 2.05) is 0 Å². The van der Waals surface area contributed by atoms with E-state index in [0.29, 0.717) is 0 Å². The topological polar surface area (TPSA) is 0 Å². The molecule has 0 aliphatic carbocycles. The van der Waals surface area contributed by atoms with Crippen molar-refractivity contribution in [2.45, 2.75) is 0 Å². The lowest BCUT2D eigenvalue weighted by Crippen LogP contribution is -1.86. The van der Waals surface area contributed by atoms with E-state index in [2.05, 4.69) is 202 Å². The molecule has 0 heterocycles. The highest BCUT2D eigenvalue weighted by molar-refractivity contribution is 9.10. The van der Waals surface area contributed by atoms with Crippen molar-refractivity contribution in [1.82, 2.24) is 0 Å². The summed E-state index contributed by atoms with van der Waals surface area (Å²) < 4.78 is 2.22. The second-order valence-electron chi connectivity index (χ2n) is 11.6. The minimum absolute atomic E-state index is 1.10. The van der Waals surface area contributed by atoms with Gasteiger partial charge in [-0.3, -0.25) is 0 Å². The van der Waals surface area contributed by atoms with Gasteiger partial charge in [0.05, 0.1) is 0 Å². The average Bonchev–Trinajstić information content (AvgIpc) is 3.11. The molecular weight excluding hydrogens is 688 g/mol. The molecule has 0 N–H and O–H groups in total. The predicted octanol–water partition coefficient (Wildman–Crippen LogP) is 14.0. The minimum Gasteiger partial charge on any atom is -0.0622 e. The van der Waals surface area contributed by atoms with Crippen LogP contribution in [-0.2, 0) is 0 Å². The lowest BCUT2D eigenvalue weighted by Gasteiger charge is -2.13. The van der Waals surface area contributed by atoms with Crippen LogP contribution in [0.15, 0.2) is 179 Å². The number of rotatable bonds is 2.